The van der Waals surface area contributed by atoms with Gasteiger partial charge in [0.15, 0.2) is 0 Å². The normalized spacial score (nSPS) is 17.7. The maximum absolute atomic E-state index is 11.6. The fraction of sp³-hybridized carbons (Fsp3) is 0.385. The van der Waals surface area contributed by atoms with Gasteiger partial charge in [-0.3, -0.25) is 10.1 Å². The van der Waals surface area contributed by atoms with Gasteiger partial charge in [0.25, 0.3) is 0 Å². The molecule has 0 saturated heterocycles. The van der Waals surface area contributed by atoms with Crippen molar-refractivity contribution >= 4 is 23.5 Å². The summed E-state index contributed by atoms with van der Waals surface area (Å²) in [6.07, 6.45) is 2.96. The highest BCUT2D eigenvalue weighted by Crippen LogP contribution is 2.29. The lowest BCUT2D eigenvalue weighted by Crippen LogP contribution is -2.42. The number of aryl methyl sites for hydroxylation is 1. The Morgan fingerprint density at radius 1 is 1.33 bits per heavy atom. The van der Waals surface area contributed by atoms with Crippen molar-refractivity contribution in [3.8, 4) is 0 Å². The van der Waals surface area contributed by atoms with E-state index in [0.717, 1.165) is 24.8 Å². The highest BCUT2D eigenvalue weighted by atomic mass is 35.5. The number of urea groups is 1. The number of imide groups is 1. The lowest BCUT2D eigenvalue weighted by molar-refractivity contribution is -0.117. The van der Waals surface area contributed by atoms with Crippen LogP contribution in [0.3, 0.4) is 0 Å². The third-order valence-corrected chi connectivity index (χ3v) is 3.29. The van der Waals surface area contributed by atoms with E-state index in [1.54, 1.807) is 0 Å². The molecule has 3 amide bonds. The molecule has 0 radical (unpaired) electrons. The van der Waals surface area contributed by atoms with Gasteiger partial charge in [0.05, 0.1) is 6.04 Å². The lowest BCUT2D eigenvalue weighted by atomic mass is 9.88. The molecule has 0 saturated carbocycles. The third kappa shape index (κ3) is 3.01. The molecule has 0 spiro atoms. The first-order valence-corrected chi connectivity index (χ1v) is 6.48. The quantitative estimate of drug-likeness (QED) is 0.806. The van der Waals surface area contributed by atoms with E-state index in [2.05, 4.69) is 16.7 Å². The number of carbonyl (C=O) groups excluding carboxylic acids is 2. The van der Waals surface area contributed by atoms with Gasteiger partial charge < -0.3 is 5.32 Å². The minimum Gasteiger partial charge on any atom is -0.331 e. The maximum atomic E-state index is 11.6. The first kappa shape index (κ1) is 12.9. The number of nitrogens with one attached hydrogen (secondary N) is 2. The molecule has 18 heavy (non-hydrogen) atoms. The van der Waals surface area contributed by atoms with Crippen LogP contribution in [0.4, 0.5) is 4.79 Å². The van der Waals surface area contributed by atoms with E-state index in [-0.39, 0.29) is 11.9 Å². The minimum atomic E-state index is -0.488. The Kier molecular flexibility index (Phi) is 4.20. The minimum absolute atomic E-state index is 0.0296. The predicted molar refractivity (Wildman–Crippen MR) is 69.5 cm³/mol. The number of hydrogen-bond donors (Lipinski definition) is 2. The number of amides is 3. The van der Waals surface area contributed by atoms with Crippen molar-refractivity contribution < 1.29 is 9.59 Å². The molecule has 0 bridgehead atoms. The van der Waals surface area contributed by atoms with E-state index in [9.17, 15) is 9.59 Å². The Hall–Kier alpha value is -1.55. The second-order valence-electron chi connectivity index (χ2n) is 4.30. The lowest BCUT2D eigenvalue weighted by Gasteiger charge is -2.26. The standard InChI is InChI=1S/C13H15ClN2O2/c14-8-12(17)16-13(18)15-11-7-3-5-9-4-1-2-6-10(9)11/h1-2,4,6,11H,3,5,7-8H2,(H2,15,16,17,18). The second-order valence-corrected chi connectivity index (χ2v) is 4.57. The summed E-state index contributed by atoms with van der Waals surface area (Å²) in [6.45, 7) is 0. The van der Waals surface area contributed by atoms with E-state index in [1.807, 2.05) is 18.2 Å². The van der Waals surface area contributed by atoms with Crippen molar-refractivity contribution in [2.24, 2.45) is 0 Å². The molecule has 4 nitrogen and oxygen atoms in total. The molecular formula is C13H15ClN2O2. The number of halogens is 1. The highest BCUT2D eigenvalue weighted by Gasteiger charge is 2.21. The molecule has 1 atom stereocenters. The van der Waals surface area contributed by atoms with Crippen molar-refractivity contribution in [1.29, 1.82) is 0 Å². The Morgan fingerprint density at radius 3 is 2.89 bits per heavy atom. The van der Waals surface area contributed by atoms with Crippen molar-refractivity contribution in [2.75, 3.05) is 5.88 Å². The summed E-state index contributed by atoms with van der Waals surface area (Å²) < 4.78 is 0. The molecule has 0 fully saturated rings. The van der Waals surface area contributed by atoms with Crippen LogP contribution in [0.5, 0.6) is 0 Å². The van der Waals surface area contributed by atoms with Crippen molar-refractivity contribution in [2.45, 2.75) is 25.3 Å². The van der Waals surface area contributed by atoms with Crippen LogP contribution in [0.2, 0.25) is 0 Å². The molecule has 2 rings (SSSR count). The summed E-state index contributed by atoms with van der Waals surface area (Å²) in [5, 5.41) is 5.00. The molecule has 0 heterocycles. The fourth-order valence-electron chi connectivity index (χ4n) is 2.26. The number of fused-ring (bicyclic) bond motifs is 1. The largest absolute Gasteiger partial charge is 0.331 e. The monoisotopic (exact) mass is 266 g/mol. The molecule has 5 heteroatoms. The van der Waals surface area contributed by atoms with Gasteiger partial charge in [0.2, 0.25) is 5.91 Å². The average molecular weight is 267 g/mol. The zero-order valence-electron chi connectivity index (χ0n) is 9.91. The maximum Gasteiger partial charge on any atom is 0.321 e. The van der Waals surface area contributed by atoms with Crippen LogP contribution in [-0.2, 0) is 11.2 Å². The number of alkyl halides is 1. The van der Waals surface area contributed by atoms with E-state index >= 15 is 0 Å². The topological polar surface area (TPSA) is 58.2 Å². The van der Waals surface area contributed by atoms with E-state index in [4.69, 9.17) is 11.6 Å². The number of benzene rings is 1. The number of carbonyl (C=O) groups is 2. The summed E-state index contributed by atoms with van der Waals surface area (Å²) >= 11 is 5.33. The molecule has 1 aromatic carbocycles. The van der Waals surface area contributed by atoms with Crippen molar-refractivity contribution in [3.63, 3.8) is 0 Å². The molecule has 0 aromatic heterocycles. The van der Waals surface area contributed by atoms with Crippen LogP contribution < -0.4 is 10.6 Å². The van der Waals surface area contributed by atoms with Crippen LogP contribution in [-0.4, -0.2) is 17.8 Å². The number of hydrogen-bond acceptors (Lipinski definition) is 2. The molecule has 1 aliphatic carbocycles. The van der Waals surface area contributed by atoms with Gasteiger partial charge in [-0.1, -0.05) is 24.3 Å². The summed E-state index contributed by atoms with van der Waals surface area (Å²) in [5.41, 5.74) is 2.40. The average Bonchev–Trinajstić information content (AvgIpc) is 2.39. The van der Waals surface area contributed by atoms with Crippen LogP contribution in [0.1, 0.15) is 30.0 Å². The first-order chi connectivity index (χ1) is 8.70. The Morgan fingerprint density at radius 2 is 2.11 bits per heavy atom. The summed E-state index contributed by atoms with van der Waals surface area (Å²) in [7, 11) is 0. The fourth-order valence-corrected chi connectivity index (χ4v) is 2.33. The number of rotatable bonds is 2. The molecule has 1 aromatic rings. The van der Waals surface area contributed by atoms with Gasteiger partial charge in [-0.2, -0.15) is 0 Å². The van der Waals surface area contributed by atoms with Gasteiger partial charge in [0, 0.05) is 0 Å². The molecule has 96 valence electrons. The molecule has 1 unspecified atom stereocenters. The van der Waals surface area contributed by atoms with Crippen LogP contribution in [0.25, 0.3) is 0 Å². The Bertz CT molecular complexity index is 462. The van der Waals surface area contributed by atoms with Gasteiger partial charge in [0.1, 0.15) is 5.88 Å². The van der Waals surface area contributed by atoms with Gasteiger partial charge in [-0.15, -0.1) is 11.6 Å². The van der Waals surface area contributed by atoms with Gasteiger partial charge in [-0.25, -0.2) is 4.79 Å². The molecule has 2 N–H and O–H groups in total. The Labute approximate surface area is 111 Å². The van der Waals surface area contributed by atoms with E-state index in [1.165, 1.54) is 5.56 Å². The van der Waals surface area contributed by atoms with Crippen LogP contribution >= 0.6 is 11.6 Å². The third-order valence-electron chi connectivity index (χ3n) is 3.05. The summed E-state index contributed by atoms with van der Waals surface area (Å²) in [5.74, 6) is -0.701. The van der Waals surface area contributed by atoms with Gasteiger partial charge >= 0.3 is 6.03 Å². The van der Waals surface area contributed by atoms with E-state index < -0.39 is 11.9 Å². The zero-order chi connectivity index (χ0) is 13.0. The van der Waals surface area contributed by atoms with Crippen molar-refractivity contribution in [3.05, 3.63) is 35.4 Å². The van der Waals surface area contributed by atoms with Crippen molar-refractivity contribution in [1.82, 2.24) is 10.6 Å². The van der Waals surface area contributed by atoms with Gasteiger partial charge in [-0.05, 0) is 30.4 Å². The second kappa shape index (κ2) is 5.87. The SMILES string of the molecule is O=C(CCl)NC(=O)NC1CCCc2ccccc21. The molecule has 0 aliphatic heterocycles. The first-order valence-electron chi connectivity index (χ1n) is 5.95. The highest BCUT2D eigenvalue weighted by molar-refractivity contribution is 6.28. The Balaban J connectivity index is 2.03. The van der Waals surface area contributed by atoms with E-state index in [0.29, 0.717) is 0 Å². The predicted octanol–water partition coefficient (Wildman–Crippen LogP) is 2.13. The molecule has 1 aliphatic rings. The molecular weight excluding hydrogens is 252 g/mol. The summed E-state index contributed by atoms with van der Waals surface area (Å²) in [6, 6.07) is 7.53. The smallest absolute Gasteiger partial charge is 0.321 e. The summed E-state index contributed by atoms with van der Waals surface area (Å²) in [4.78, 5) is 22.6. The van der Waals surface area contributed by atoms with Crippen LogP contribution in [0.15, 0.2) is 24.3 Å². The van der Waals surface area contributed by atoms with Crippen LogP contribution in [0, 0.1) is 0 Å². The zero-order valence-corrected chi connectivity index (χ0v) is 10.7.